The topological polar surface area (TPSA) is 45.3 Å². The van der Waals surface area contributed by atoms with Crippen molar-refractivity contribution in [2.45, 2.75) is 19.9 Å². The summed E-state index contributed by atoms with van der Waals surface area (Å²) in [5.74, 6) is 0.658. The Morgan fingerprint density at radius 2 is 2.19 bits per heavy atom. The van der Waals surface area contributed by atoms with Crippen molar-refractivity contribution < 1.29 is 9.53 Å². The summed E-state index contributed by atoms with van der Waals surface area (Å²) < 4.78 is 6.29. The van der Waals surface area contributed by atoms with Crippen molar-refractivity contribution in [3.63, 3.8) is 0 Å². The first-order valence-corrected chi connectivity index (χ1v) is 7.68. The summed E-state index contributed by atoms with van der Waals surface area (Å²) in [7, 11) is 1.60. The number of rotatable bonds is 2. The smallest absolute Gasteiger partial charge is 0.257 e. The average molecular weight is 349 g/mol. The van der Waals surface area contributed by atoms with E-state index in [1.54, 1.807) is 7.11 Å². The summed E-state index contributed by atoms with van der Waals surface area (Å²) >= 11 is 3.45. The molecule has 0 atom stereocenters. The van der Waals surface area contributed by atoms with Crippen LogP contribution in [-0.2, 0) is 13.0 Å². The van der Waals surface area contributed by atoms with E-state index in [1.165, 1.54) is 11.3 Å². The lowest BCUT2D eigenvalue weighted by Crippen LogP contribution is -2.35. The minimum atomic E-state index is 0.0264. The SMILES string of the molecule is COc1ccc(C)cc1C(=O)N1CCc2[nH]c(Br)cc2C1. The number of halogens is 1. The Hall–Kier alpha value is -1.75. The molecule has 1 amide bonds. The van der Waals surface area contributed by atoms with Gasteiger partial charge in [0.15, 0.2) is 0 Å². The van der Waals surface area contributed by atoms with Crippen molar-refractivity contribution in [2.24, 2.45) is 0 Å². The standard InChI is InChI=1S/C16H17BrN2O2/c1-10-3-4-14(21-2)12(7-10)16(20)19-6-5-13-11(9-19)8-15(17)18-13/h3-4,7-8,18H,5-6,9H2,1-2H3. The molecule has 0 saturated heterocycles. The third-order valence-electron chi connectivity index (χ3n) is 3.82. The number of methoxy groups -OCH3 is 1. The fraction of sp³-hybridized carbons (Fsp3) is 0.312. The molecule has 1 aliphatic rings. The first-order valence-electron chi connectivity index (χ1n) is 6.88. The molecule has 0 unspecified atom stereocenters. The molecule has 0 bridgehead atoms. The molecule has 21 heavy (non-hydrogen) atoms. The maximum absolute atomic E-state index is 12.8. The predicted molar refractivity (Wildman–Crippen MR) is 84.7 cm³/mol. The average Bonchev–Trinajstić information content (AvgIpc) is 2.85. The van der Waals surface area contributed by atoms with E-state index in [-0.39, 0.29) is 5.91 Å². The van der Waals surface area contributed by atoms with Crippen LogP contribution < -0.4 is 4.74 Å². The number of aryl methyl sites for hydroxylation is 1. The van der Waals surface area contributed by atoms with Gasteiger partial charge in [0.2, 0.25) is 0 Å². The van der Waals surface area contributed by atoms with Gasteiger partial charge in [0.05, 0.1) is 17.3 Å². The lowest BCUT2D eigenvalue weighted by molar-refractivity contribution is 0.0731. The maximum atomic E-state index is 12.8. The van der Waals surface area contributed by atoms with E-state index < -0.39 is 0 Å². The molecule has 1 aliphatic heterocycles. The van der Waals surface area contributed by atoms with Crippen molar-refractivity contribution in [1.82, 2.24) is 9.88 Å². The first-order chi connectivity index (χ1) is 10.1. The van der Waals surface area contributed by atoms with Crippen LogP contribution in [0.3, 0.4) is 0 Å². The number of nitrogens with one attached hydrogen (secondary N) is 1. The Morgan fingerprint density at radius 1 is 1.38 bits per heavy atom. The lowest BCUT2D eigenvalue weighted by atomic mass is 10.1. The van der Waals surface area contributed by atoms with E-state index >= 15 is 0 Å². The van der Waals surface area contributed by atoms with Crippen LogP contribution in [0.1, 0.15) is 27.2 Å². The number of fused-ring (bicyclic) bond motifs is 1. The molecule has 0 spiro atoms. The summed E-state index contributed by atoms with van der Waals surface area (Å²) in [4.78, 5) is 17.9. The zero-order chi connectivity index (χ0) is 15.0. The number of ether oxygens (including phenoxy) is 1. The summed E-state index contributed by atoms with van der Waals surface area (Å²) in [6.07, 6.45) is 0.848. The highest BCUT2D eigenvalue weighted by atomic mass is 79.9. The van der Waals surface area contributed by atoms with Gasteiger partial charge in [-0.15, -0.1) is 0 Å². The van der Waals surface area contributed by atoms with E-state index in [9.17, 15) is 4.79 Å². The first kappa shape index (κ1) is 14.2. The summed E-state index contributed by atoms with van der Waals surface area (Å²) in [5, 5.41) is 0. The Bertz CT molecular complexity index is 694. The molecule has 1 N–H and O–H groups in total. The fourth-order valence-electron chi connectivity index (χ4n) is 2.73. The largest absolute Gasteiger partial charge is 0.496 e. The third kappa shape index (κ3) is 2.70. The van der Waals surface area contributed by atoms with Crippen LogP contribution in [-0.4, -0.2) is 29.4 Å². The van der Waals surface area contributed by atoms with Crippen LogP contribution in [0.5, 0.6) is 5.75 Å². The lowest BCUT2D eigenvalue weighted by Gasteiger charge is -2.27. The van der Waals surface area contributed by atoms with E-state index in [0.29, 0.717) is 17.9 Å². The molecule has 2 heterocycles. The van der Waals surface area contributed by atoms with Gasteiger partial charge in [-0.1, -0.05) is 11.6 Å². The number of H-pyrrole nitrogens is 1. The summed E-state index contributed by atoms with van der Waals surface area (Å²) in [6, 6.07) is 7.74. The Kier molecular flexibility index (Phi) is 3.76. The van der Waals surface area contributed by atoms with Crippen molar-refractivity contribution in [3.05, 3.63) is 51.3 Å². The number of hydrogen-bond acceptors (Lipinski definition) is 2. The van der Waals surface area contributed by atoms with Gasteiger partial charge in [-0.3, -0.25) is 4.79 Å². The number of aromatic nitrogens is 1. The zero-order valence-electron chi connectivity index (χ0n) is 12.1. The monoisotopic (exact) mass is 348 g/mol. The van der Waals surface area contributed by atoms with Gasteiger partial charge in [-0.2, -0.15) is 0 Å². The molecule has 1 aromatic carbocycles. The van der Waals surface area contributed by atoms with E-state index in [0.717, 1.165) is 23.1 Å². The van der Waals surface area contributed by atoms with Crippen LogP contribution >= 0.6 is 15.9 Å². The van der Waals surface area contributed by atoms with Gasteiger partial charge in [-0.05, 0) is 46.6 Å². The third-order valence-corrected chi connectivity index (χ3v) is 4.25. The molecule has 4 nitrogen and oxygen atoms in total. The molecule has 110 valence electrons. The van der Waals surface area contributed by atoms with Crippen LogP contribution in [0.4, 0.5) is 0 Å². The quantitative estimate of drug-likeness (QED) is 0.904. The van der Waals surface area contributed by atoms with Crippen LogP contribution in [0.15, 0.2) is 28.9 Å². The van der Waals surface area contributed by atoms with Crippen LogP contribution in [0, 0.1) is 6.92 Å². The van der Waals surface area contributed by atoms with Gasteiger partial charge in [0.1, 0.15) is 5.75 Å². The second kappa shape index (κ2) is 5.56. The number of amides is 1. The fourth-order valence-corrected chi connectivity index (χ4v) is 3.24. The predicted octanol–water partition coefficient (Wildman–Crippen LogP) is 3.29. The molecule has 2 aromatic rings. The van der Waals surface area contributed by atoms with E-state index in [1.807, 2.05) is 36.1 Å². The summed E-state index contributed by atoms with van der Waals surface area (Å²) in [6.45, 7) is 3.33. The van der Waals surface area contributed by atoms with E-state index in [4.69, 9.17) is 4.74 Å². The minimum Gasteiger partial charge on any atom is -0.496 e. The number of carbonyl (C=O) groups is 1. The number of aromatic amines is 1. The van der Waals surface area contributed by atoms with Gasteiger partial charge in [0, 0.05) is 25.2 Å². The molecular formula is C16H17BrN2O2. The molecule has 5 heteroatoms. The Labute approximate surface area is 132 Å². The highest BCUT2D eigenvalue weighted by Crippen LogP contribution is 2.26. The van der Waals surface area contributed by atoms with Crippen molar-refractivity contribution in [3.8, 4) is 5.75 Å². The van der Waals surface area contributed by atoms with Gasteiger partial charge in [-0.25, -0.2) is 0 Å². The maximum Gasteiger partial charge on any atom is 0.257 e. The van der Waals surface area contributed by atoms with Crippen molar-refractivity contribution >= 4 is 21.8 Å². The normalized spacial score (nSPS) is 14.0. The van der Waals surface area contributed by atoms with Gasteiger partial charge < -0.3 is 14.6 Å². The molecule has 0 aliphatic carbocycles. The zero-order valence-corrected chi connectivity index (χ0v) is 13.7. The van der Waals surface area contributed by atoms with Crippen LogP contribution in [0.2, 0.25) is 0 Å². The van der Waals surface area contributed by atoms with Gasteiger partial charge >= 0.3 is 0 Å². The molecule has 0 radical (unpaired) electrons. The molecule has 0 fully saturated rings. The number of nitrogens with zero attached hydrogens (tertiary/aromatic N) is 1. The Morgan fingerprint density at radius 3 is 2.95 bits per heavy atom. The van der Waals surface area contributed by atoms with E-state index in [2.05, 4.69) is 20.9 Å². The van der Waals surface area contributed by atoms with Crippen molar-refractivity contribution in [2.75, 3.05) is 13.7 Å². The Balaban J connectivity index is 1.88. The highest BCUT2D eigenvalue weighted by Gasteiger charge is 2.25. The van der Waals surface area contributed by atoms with Crippen LogP contribution in [0.25, 0.3) is 0 Å². The number of benzene rings is 1. The molecular weight excluding hydrogens is 332 g/mol. The number of hydrogen-bond donors (Lipinski definition) is 1. The summed E-state index contributed by atoms with van der Waals surface area (Å²) in [5.41, 5.74) is 4.08. The molecule has 3 rings (SSSR count). The molecule has 1 aromatic heterocycles. The van der Waals surface area contributed by atoms with Gasteiger partial charge in [0.25, 0.3) is 5.91 Å². The minimum absolute atomic E-state index is 0.0264. The molecule has 0 saturated carbocycles. The second-order valence-electron chi connectivity index (χ2n) is 5.30. The highest BCUT2D eigenvalue weighted by molar-refractivity contribution is 9.10. The van der Waals surface area contributed by atoms with Crippen molar-refractivity contribution in [1.29, 1.82) is 0 Å². The number of carbonyl (C=O) groups excluding carboxylic acids is 1. The second-order valence-corrected chi connectivity index (χ2v) is 6.16.